The first-order valence-corrected chi connectivity index (χ1v) is 6.65. The van der Waals surface area contributed by atoms with Crippen molar-refractivity contribution in [3.8, 4) is 5.88 Å². The number of hydrogen-bond acceptors (Lipinski definition) is 5. The number of aliphatic hydroxyl groups is 1. The second-order valence-corrected chi connectivity index (χ2v) is 4.78. The normalized spacial score (nSPS) is 23.0. The summed E-state index contributed by atoms with van der Waals surface area (Å²) in [4.78, 5) is 8.45. The van der Waals surface area contributed by atoms with Crippen LogP contribution in [-0.4, -0.2) is 34.3 Å². The molecular formula is C13H21N3O2. The molecule has 18 heavy (non-hydrogen) atoms. The topological polar surface area (TPSA) is 67.3 Å². The number of hydrogen-bond donors (Lipinski definition) is 2. The van der Waals surface area contributed by atoms with Gasteiger partial charge in [-0.15, -0.1) is 0 Å². The van der Waals surface area contributed by atoms with Crippen molar-refractivity contribution in [1.82, 2.24) is 9.97 Å². The Morgan fingerprint density at radius 2 is 2.39 bits per heavy atom. The lowest BCUT2D eigenvalue weighted by molar-refractivity contribution is 0.178. The van der Waals surface area contributed by atoms with E-state index in [0.29, 0.717) is 24.4 Å². The molecule has 0 aliphatic heterocycles. The van der Waals surface area contributed by atoms with Gasteiger partial charge in [0.2, 0.25) is 11.8 Å². The van der Waals surface area contributed by atoms with Crippen LogP contribution in [0, 0.1) is 5.92 Å². The van der Waals surface area contributed by atoms with E-state index in [0.717, 1.165) is 32.2 Å². The number of anilines is 1. The molecule has 1 aliphatic rings. The number of rotatable bonds is 6. The molecule has 2 rings (SSSR count). The molecule has 0 saturated heterocycles. The average molecular weight is 251 g/mol. The second kappa shape index (κ2) is 6.54. The Morgan fingerprint density at radius 1 is 1.50 bits per heavy atom. The van der Waals surface area contributed by atoms with Crippen molar-refractivity contribution in [1.29, 1.82) is 0 Å². The summed E-state index contributed by atoms with van der Waals surface area (Å²) in [7, 11) is 0. The van der Waals surface area contributed by atoms with E-state index in [-0.39, 0.29) is 6.10 Å². The predicted molar refractivity (Wildman–Crippen MR) is 69.7 cm³/mol. The van der Waals surface area contributed by atoms with Crippen molar-refractivity contribution in [2.45, 2.75) is 38.7 Å². The number of nitrogens with zero attached hydrogens (tertiary/aromatic N) is 2. The highest BCUT2D eigenvalue weighted by atomic mass is 16.5. The Bertz CT molecular complexity index is 373. The highest BCUT2D eigenvalue weighted by molar-refractivity contribution is 5.27. The first-order valence-electron chi connectivity index (χ1n) is 6.65. The summed E-state index contributed by atoms with van der Waals surface area (Å²) in [5.41, 5.74) is 0. The Kier molecular flexibility index (Phi) is 4.75. The monoisotopic (exact) mass is 251 g/mol. The summed E-state index contributed by atoms with van der Waals surface area (Å²) < 4.78 is 5.45. The van der Waals surface area contributed by atoms with Crippen LogP contribution in [0.4, 0.5) is 5.95 Å². The maximum atomic E-state index is 9.46. The predicted octanol–water partition coefficient (Wildman–Crippen LogP) is 1.84. The fraction of sp³-hybridized carbons (Fsp3) is 0.692. The SMILES string of the molecule is CCCOc1ccnc(NCC2CCC(O)C2)n1. The van der Waals surface area contributed by atoms with Gasteiger partial charge >= 0.3 is 0 Å². The molecule has 0 radical (unpaired) electrons. The van der Waals surface area contributed by atoms with Crippen molar-refractivity contribution < 1.29 is 9.84 Å². The van der Waals surface area contributed by atoms with Gasteiger partial charge < -0.3 is 15.2 Å². The molecule has 1 heterocycles. The molecule has 5 nitrogen and oxygen atoms in total. The van der Waals surface area contributed by atoms with Crippen LogP contribution >= 0.6 is 0 Å². The first kappa shape index (κ1) is 13.1. The Labute approximate surface area is 108 Å². The highest BCUT2D eigenvalue weighted by Crippen LogP contribution is 2.25. The van der Waals surface area contributed by atoms with Crippen LogP contribution in [0.3, 0.4) is 0 Å². The Balaban J connectivity index is 1.81. The molecule has 1 aromatic rings. The molecule has 1 aromatic heterocycles. The molecule has 2 N–H and O–H groups in total. The van der Waals surface area contributed by atoms with Gasteiger partial charge in [0, 0.05) is 18.8 Å². The highest BCUT2D eigenvalue weighted by Gasteiger charge is 2.22. The summed E-state index contributed by atoms with van der Waals surface area (Å²) in [6.45, 7) is 3.55. The van der Waals surface area contributed by atoms with Crippen LogP contribution in [-0.2, 0) is 0 Å². The second-order valence-electron chi connectivity index (χ2n) is 4.78. The van der Waals surface area contributed by atoms with E-state index in [4.69, 9.17) is 4.74 Å². The summed E-state index contributed by atoms with van der Waals surface area (Å²) in [5, 5.41) is 12.7. The number of aliphatic hydroxyl groups excluding tert-OH is 1. The van der Waals surface area contributed by atoms with Crippen LogP contribution in [0.1, 0.15) is 32.6 Å². The summed E-state index contributed by atoms with van der Waals surface area (Å²) >= 11 is 0. The van der Waals surface area contributed by atoms with Crippen molar-refractivity contribution in [2.75, 3.05) is 18.5 Å². The summed E-state index contributed by atoms with van der Waals surface area (Å²) in [6.07, 6.45) is 5.39. The minimum absolute atomic E-state index is 0.128. The lowest BCUT2D eigenvalue weighted by atomic mass is 10.1. The average Bonchev–Trinajstić information content (AvgIpc) is 2.80. The first-order chi connectivity index (χ1) is 8.78. The molecular weight excluding hydrogens is 230 g/mol. The smallest absolute Gasteiger partial charge is 0.225 e. The lowest BCUT2D eigenvalue weighted by Gasteiger charge is -2.11. The maximum absolute atomic E-state index is 9.46. The van der Waals surface area contributed by atoms with E-state index in [1.165, 1.54) is 0 Å². The van der Waals surface area contributed by atoms with Crippen LogP contribution in [0.2, 0.25) is 0 Å². The molecule has 0 aromatic carbocycles. The van der Waals surface area contributed by atoms with E-state index < -0.39 is 0 Å². The molecule has 5 heteroatoms. The van der Waals surface area contributed by atoms with Crippen LogP contribution in [0.5, 0.6) is 5.88 Å². The van der Waals surface area contributed by atoms with Gasteiger partial charge in [-0.2, -0.15) is 4.98 Å². The standard InChI is InChI=1S/C13H21N3O2/c1-2-7-18-12-5-6-14-13(16-12)15-9-10-3-4-11(17)8-10/h5-6,10-11,17H,2-4,7-9H2,1H3,(H,14,15,16). The minimum atomic E-state index is -0.128. The van der Waals surface area contributed by atoms with Crippen molar-refractivity contribution in [2.24, 2.45) is 5.92 Å². The van der Waals surface area contributed by atoms with Gasteiger partial charge in [0.25, 0.3) is 0 Å². The molecule has 0 amide bonds. The molecule has 1 fully saturated rings. The minimum Gasteiger partial charge on any atom is -0.478 e. The lowest BCUT2D eigenvalue weighted by Crippen LogP contribution is -2.14. The molecule has 100 valence electrons. The largest absolute Gasteiger partial charge is 0.478 e. The third-order valence-corrected chi connectivity index (χ3v) is 3.15. The Morgan fingerprint density at radius 3 is 3.11 bits per heavy atom. The fourth-order valence-corrected chi connectivity index (χ4v) is 2.18. The van der Waals surface area contributed by atoms with E-state index in [1.807, 2.05) is 0 Å². The molecule has 0 spiro atoms. The van der Waals surface area contributed by atoms with E-state index in [9.17, 15) is 5.11 Å². The third kappa shape index (κ3) is 3.84. The number of ether oxygens (including phenoxy) is 1. The van der Waals surface area contributed by atoms with Crippen LogP contribution in [0.25, 0.3) is 0 Å². The molecule has 2 atom stereocenters. The molecule has 2 unspecified atom stereocenters. The number of aromatic nitrogens is 2. The summed E-state index contributed by atoms with van der Waals surface area (Å²) in [6, 6.07) is 1.76. The van der Waals surface area contributed by atoms with Gasteiger partial charge in [-0.25, -0.2) is 4.98 Å². The van der Waals surface area contributed by atoms with E-state index in [1.54, 1.807) is 12.3 Å². The summed E-state index contributed by atoms with van der Waals surface area (Å²) in [5.74, 6) is 1.73. The van der Waals surface area contributed by atoms with Crippen LogP contribution in [0.15, 0.2) is 12.3 Å². The molecule has 1 saturated carbocycles. The van der Waals surface area contributed by atoms with Gasteiger partial charge in [-0.3, -0.25) is 0 Å². The van der Waals surface area contributed by atoms with Crippen molar-refractivity contribution in [3.05, 3.63) is 12.3 Å². The zero-order valence-corrected chi connectivity index (χ0v) is 10.8. The van der Waals surface area contributed by atoms with Crippen LogP contribution < -0.4 is 10.1 Å². The van der Waals surface area contributed by atoms with Crippen molar-refractivity contribution in [3.63, 3.8) is 0 Å². The maximum Gasteiger partial charge on any atom is 0.225 e. The van der Waals surface area contributed by atoms with Gasteiger partial charge in [0.1, 0.15) is 0 Å². The third-order valence-electron chi connectivity index (χ3n) is 3.15. The van der Waals surface area contributed by atoms with Crippen molar-refractivity contribution >= 4 is 5.95 Å². The van der Waals surface area contributed by atoms with Gasteiger partial charge in [-0.1, -0.05) is 6.92 Å². The molecule has 1 aliphatic carbocycles. The quantitative estimate of drug-likeness (QED) is 0.807. The van der Waals surface area contributed by atoms with Gasteiger partial charge in [0.05, 0.1) is 12.7 Å². The zero-order valence-electron chi connectivity index (χ0n) is 10.8. The Hall–Kier alpha value is -1.36. The number of nitrogens with one attached hydrogen (secondary N) is 1. The van der Waals surface area contributed by atoms with Gasteiger partial charge in [0.15, 0.2) is 0 Å². The zero-order chi connectivity index (χ0) is 12.8. The molecule has 0 bridgehead atoms. The van der Waals surface area contributed by atoms with E-state index in [2.05, 4.69) is 22.2 Å². The van der Waals surface area contributed by atoms with E-state index >= 15 is 0 Å². The fourth-order valence-electron chi connectivity index (χ4n) is 2.18. The van der Waals surface area contributed by atoms with Gasteiger partial charge in [-0.05, 0) is 31.6 Å².